The minimum atomic E-state index is -0.543. The smallest absolute Gasteiger partial charge is 0.288 e. The van der Waals surface area contributed by atoms with Crippen LogP contribution in [0.3, 0.4) is 0 Å². The first kappa shape index (κ1) is 13.9. The predicted octanol–water partition coefficient (Wildman–Crippen LogP) is 2.35. The molecule has 0 aliphatic carbocycles. The molecule has 1 aromatic rings. The Hall–Kier alpha value is -1.14. The Morgan fingerprint density at radius 3 is 2.71 bits per heavy atom. The van der Waals surface area contributed by atoms with Gasteiger partial charge in [0.05, 0.1) is 9.75 Å². The maximum atomic E-state index is 10.9. The van der Waals surface area contributed by atoms with Crippen LogP contribution in [0.15, 0.2) is 12.1 Å². The molecule has 5 nitrogen and oxygen atoms in total. The number of benzene rings is 1. The first-order valence-electron chi connectivity index (χ1n) is 4.69. The van der Waals surface area contributed by atoms with Crippen molar-refractivity contribution in [2.75, 3.05) is 0 Å². The lowest BCUT2D eigenvalue weighted by molar-refractivity contribution is -0.384. The number of alkyl halides is 1. The molecule has 0 bridgehead atoms. The lowest BCUT2D eigenvalue weighted by Gasteiger charge is -2.09. The van der Waals surface area contributed by atoms with Crippen molar-refractivity contribution in [3.63, 3.8) is 0 Å². The second kappa shape index (κ2) is 5.46. The molecule has 1 rings (SSSR count). The van der Waals surface area contributed by atoms with Gasteiger partial charge in [-0.15, -0.1) is 0 Å². The predicted molar refractivity (Wildman–Crippen MR) is 68.5 cm³/mol. The second-order valence-corrected chi connectivity index (χ2v) is 5.07. The molecule has 1 unspecified atom stereocenters. The minimum Gasteiger partial charge on any atom is -0.369 e. The van der Waals surface area contributed by atoms with E-state index in [9.17, 15) is 14.9 Å². The van der Waals surface area contributed by atoms with E-state index in [1.165, 1.54) is 12.1 Å². The summed E-state index contributed by atoms with van der Waals surface area (Å²) in [4.78, 5) is 20.5. The number of halogens is 2. The molecule has 0 heterocycles. The summed E-state index contributed by atoms with van der Waals surface area (Å²) in [5.74, 6) is -0.487. The number of primary amides is 1. The molecule has 0 radical (unpaired) electrons. The molecule has 1 amide bonds. The maximum Gasteiger partial charge on any atom is 0.288 e. The van der Waals surface area contributed by atoms with Crippen LogP contribution in [0.2, 0.25) is 5.02 Å². The number of amides is 1. The SMILES string of the molecule is Cc1cc([N+](=O)[O-])c(Cl)cc1CC(Br)C(N)=O. The number of carbonyl (C=O) groups excluding carboxylic acids is 1. The van der Waals surface area contributed by atoms with Gasteiger partial charge in [-0.3, -0.25) is 14.9 Å². The van der Waals surface area contributed by atoms with Gasteiger partial charge in [-0.1, -0.05) is 27.5 Å². The van der Waals surface area contributed by atoms with Gasteiger partial charge in [-0.2, -0.15) is 0 Å². The quantitative estimate of drug-likeness (QED) is 0.524. The van der Waals surface area contributed by atoms with Gasteiger partial charge in [0.2, 0.25) is 5.91 Å². The van der Waals surface area contributed by atoms with Gasteiger partial charge in [0.15, 0.2) is 0 Å². The average Bonchev–Trinajstić information content (AvgIpc) is 2.22. The van der Waals surface area contributed by atoms with E-state index in [0.717, 1.165) is 5.56 Å². The lowest BCUT2D eigenvalue weighted by Crippen LogP contribution is -2.25. The van der Waals surface area contributed by atoms with Crippen LogP contribution in [-0.2, 0) is 11.2 Å². The van der Waals surface area contributed by atoms with E-state index in [2.05, 4.69) is 15.9 Å². The molecular weight excluding hydrogens is 311 g/mol. The standard InChI is InChI=1S/C10H10BrClN2O3/c1-5-2-9(14(16)17)8(12)4-6(5)3-7(11)10(13)15/h2,4,7H,3H2,1H3,(H2,13,15). The summed E-state index contributed by atoms with van der Waals surface area (Å²) >= 11 is 8.92. The highest BCUT2D eigenvalue weighted by Gasteiger charge is 2.18. The van der Waals surface area contributed by atoms with Crippen molar-refractivity contribution in [1.29, 1.82) is 0 Å². The topological polar surface area (TPSA) is 86.2 Å². The van der Waals surface area contributed by atoms with E-state index in [0.29, 0.717) is 12.0 Å². The Labute approximate surface area is 111 Å². The Morgan fingerprint density at radius 2 is 2.24 bits per heavy atom. The maximum absolute atomic E-state index is 10.9. The lowest BCUT2D eigenvalue weighted by atomic mass is 10.0. The van der Waals surface area contributed by atoms with Crippen LogP contribution in [0.25, 0.3) is 0 Å². The summed E-state index contributed by atoms with van der Waals surface area (Å²) in [7, 11) is 0. The number of nitro benzene ring substituents is 1. The number of carbonyl (C=O) groups is 1. The molecule has 0 aliphatic heterocycles. The van der Waals surface area contributed by atoms with Crippen LogP contribution in [0, 0.1) is 17.0 Å². The molecule has 0 saturated carbocycles. The Morgan fingerprint density at radius 1 is 1.65 bits per heavy atom. The van der Waals surface area contributed by atoms with Gasteiger partial charge < -0.3 is 5.73 Å². The number of aryl methyl sites for hydroxylation is 1. The summed E-state index contributed by atoms with van der Waals surface area (Å²) in [6, 6.07) is 2.88. The largest absolute Gasteiger partial charge is 0.369 e. The molecule has 0 saturated heterocycles. The first-order chi connectivity index (χ1) is 7.82. The summed E-state index contributed by atoms with van der Waals surface area (Å²) in [5, 5.41) is 10.7. The molecule has 17 heavy (non-hydrogen) atoms. The number of hydrogen-bond donors (Lipinski definition) is 1. The summed E-state index contributed by atoms with van der Waals surface area (Å²) in [6.45, 7) is 1.72. The Bertz CT molecular complexity index is 479. The van der Waals surface area contributed by atoms with E-state index in [-0.39, 0.29) is 10.7 Å². The number of rotatable bonds is 4. The van der Waals surface area contributed by atoms with Crippen LogP contribution in [0.4, 0.5) is 5.69 Å². The molecule has 2 N–H and O–H groups in total. The fourth-order valence-corrected chi connectivity index (χ4v) is 1.97. The van der Waals surface area contributed by atoms with E-state index < -0.39 is 15.7 Å². The first-order valence-corrected chi connectivity index (χ1v) is 5.99. The van der Waals surface area contributed by atoms with Crippen molar-refractivity contribution in [2.24, 2.45) is 5.73 Å². The van der Waals surface area contributed by atoms with Gasteiger partial charge in [0.1, 0.15) is 5.02 Å². The van der Waals surface area contributed by atoms with Crippen LogP contribution in [0.5, 0.6) is 0 Å². The van der Waals surface area contributed by atoms with E-state index in [1.54, 1.807) is 6.92 Å². The fourth-order valence-electron chi connectivity index (χ4n) is 1.36. The Kier molecular flexibility index (Phi) is 4.47. The van der Waals surface area contributed by atoms with E-state index in [1.807, 2.05) is 0 Å². The van der Waals surface area contributed by atoms with Gasteiger partial charge in [-0.25, -0.2) is 0 Å². The van der Waals surface area contributed by atoms with Crippen molar-refractivity contribution >= 4 is 39.1 Å². The van der Waals surface area contributed by atoms with Crippen LogP contribution in [0.1, 0.15) is 11.1 Å². The number of nitrogens with zero attached hydrogens (tertiary/aromatic N) is 1. The third-order valence-corrected chi connectivity index (χ3v) is 3.39. The molecule has 1 aromatic carbocycles. The zero-order chi connectivity index (χ0) is 13.2. The van der Waals surface area contributed by atoms with Crippen molar-refractivity contribution in [3.8, 4) is 0 Å². The highest BCUT2D eigenvalue weighted by Crippen LogP contribution is 2.28. The zero-order valence-electron chi connectivity index (χ0n) is 8.94. The third kappa shape index (κ3) is 3.41. The van der Waals surface area contributed by atoms with Gasteiger partial charge in [0.25, 0.3) is 5.69 Å². The van der Waals surface area contributed by atoms with Gasteiger partial charge in [0, 0.05) is 6.07 Å². The van der Waals surface area contributed by atoms with Crippen LogP contribution >= 0.6 is 27.5 Å². The van der Waals surface area contributed by atoms with Crippen molar-refractivity contribution < 1.29 is 9.72 Å². The fraction of sp³-hybridized carbons (Fsp3) is 0.300. The van der Waals surface area contributed by atoms with Crippen molar-refractivity contribution in [3.05, 3.63) is 38.4 Å². The third-order valence-electron chi connectivity index (χ3n) is 2.31. The van der Waals surface area contributed by atoms with Gasteiger partial charge in [-0.05, 0) is 30.5 Å². The molecule has 7 heteroatoms. The minimum absolute atomic E-state index is 0.0553. The van der Waals surface area contributed by atoms with E-state index in [4.69, 9.17) is 17.3 Å². The molecular formula is C10H10BrClN2O3. The molecule has 1 atom stereocenters. The zero-order valence-corrected chi connectivity index (χ0v) is 11.3. The summed E-state index contributed by atoms with van der Waals surface area (Å²) < 4.78 is 0. The van der Waals surface area contributed by atoms with Crippen LogP contribution < -0.4 is 5.73 Å². The number of nitro groups is 1. The monoisotopic (exact) mass is 320 g/mol. The molecule has 0 spiro atoms. The molecule has 92 valence electrons. The number of nitrogens with two attached hydrogens (primary N) is 1. The van der Waals surface area contributed by atoms with Crippen molar-refractivity contribution in [1.82, 2.24) is 0 Å². The van der Waals surface area contributed by atoms with Crippen molar-refractivity contribution in [2.45, 2.75) is 18.2 Å². The highest BCUT2D eigenvalue weighted by atomic mass is 79.9. The molecule has 0 aromatic heterocycles. The number of hydrogen-bond acceptors (Lipinski definition) is 3. The van der Waals surface area contributed by atoms with Crippen LogP contribution in [-0.4, -0.2) is 15.7 Å². The highest BCUT2D eigenvalue weighted by molar-refractivity contribution is 9.10. The molecule has 0 aliphatic rings. The second-order valence-electron chi connectivity index (χ2n) is 3.56. The Balaban J connectivity index is 3.08. The summed E-state index contributed by atoms with van der Waals surface area (Å²) in [5.41, 5.74) is 6.43. The average molecular weight is 322 g/mol. The van der Waals surface area contributed by atoms with E-state index >= 15 is 0 Å². The normalized spacial score (nSPS) is 12.2. The summed E-state index contributed by atoms with van der Waals surface area (Å²) in [6.07, 6.45) is 0.346. The van der Waals surface area contributed by atoms with Gasteiger partial charge >= 0.3 is 0 Å². The molecule has 0 fully saturated rings.